The number of rotatable bonds is 2. The lowest BCUT2D eigenvalue weighted by atomic mass is 10.1. The molecule has 0 fully saturated rings. The Hall–Kier alpha value is -3.13. The fourth-order valence-electron chi connectivity index (χ4n) is 1.95. The zero-order chi connectivity index (χ0) is 13.9. The highest BCUT2D eigenvalue weighted by molar-refractivity contribution is 5.61. The summed E-state index contributed by atoms with van der Waals surface area (Å²) in [4.78, 5) is 16.4. The fourth-order valence-corrected chi connectivity index (χ4v) is 1.95. The quantitative estimate of drug-likeness (QED) is 0.768. The average Bonchev–Trinajstić information content (AvgIpc) is 2.90. The minimum Gasteiger partial charge on any atom is -0.296 e. The van der Waals surface area contributed by atoms with Crippen LogP contribution >= 0.6 is 0 Å². The van der Waals surface area contributed by atoms with Crippen molar-refractivity contribution in [3.8, 4) is 23.0 Å². The van der Waals surface area contributed by atoms with Gasteiger partial charge in [-0.05, 0) is 17.7 Å². The lowest BCUT2D eigenvalue weighted by Gasteiger charge is -1.99. The van der Waals surface area contributed by atoms with Gasteiger partial charge in [0.25, 0.3) is 5.56 Å². The third-order valence-corrected chi connectivity index (χ3v) is 2.96. The minimum absolute atomic E-state index is 0.173. The molecule has 2 aromatic heterocycles. The van der Waals surface area contributed by atoms with Crippen LogP contribution in [-0.2, 0) is 0 Å². The molecule has 0 aliphatic heterocycles. The zero-order valence-electron chi connectivity index (χ0n) is 10.4. The minimum atomic E-state index is -0.173. The normalized spacial score (nSPS) is 10.2. The van der Waals surface area contributed by atoms with Gasteiger partial charge in [0.05, 0.1) is 11.1 Å². The maximum atomic E-state index is 12.4. The number of aromatic amines is 1. The number of nitriles is 1. The number of hydrogen-bond donors (Lipinski definition) is 1. The van der Waals surface area contributed by atoms with Gasteiger partial charge < -0.3 is 0 Å². The van der Waals surface area contributed by atoms with E-state index in [2.05, 4.69) is 10.1 Å². The van der Waals surface area contributed by atoms with Gasteiger partial charge in [0.1, 0.15) is 6.07 Å². The highest BCUT2D eigenvalue weighted by atomic mass is 16.1. The molecule has 96 valence electrons. The number of aromatic nitrogens is 3. The van der Waals surface area contributed by atoms with Crippen LogP contribution in [0.15, 0.2) is 59.7 Å². The lowest BCUT2D eigenvalue weighted by molar-refractivity contribution is 0.818. The van der Waals surface area contributed by atoms with Crippen LogP contribution in [0.2, 0.25) is 0 Å². The molecular formula is C15H10N4O. The van der Waals surface area contributed by atoms with Crippen LogP contribution in [0.1, 0.15) is 5.56 Å². The number of nitrogens with one attached hydrogen (secondary N) is 1. The molecule has 1 aromatic carbocycles. The molecular weight excluding hydrogens is 252 g/mol. The Labute approximate surface area is 114 Å². The second-order valence-corrected chi connectivity index (χ2v) is 4.21. The Morgan fingerprint density at radius 3 is 2.60 bits per heavy atom. The molecule has 0 saturated heterocycles. The number of H-pyrrole nitrogens is 1. The average molecular weight is 262 g/mol. The van der Waals surface area contributed by atoms with E-state index in [0.717, 1.165) is 5.56 Å². The van der Waals surface area contributed by atoms with Gasteiger partial charge >= 0.3 is 0 Å². The van der Waals surface area contributed by atoms with Gasteiger partial charge in [-0.15, -0.1) is 0 Å². The molecule has 1 N–H and O–H groups in total. The molecule has 5 heteroatoms. The third-order valence-electron chi connectivity index (χ3n) is 2.96. The van der Waals surface area contributed by atoms with Gasteiger partial charge in [-0.2, -0.15) is 5.26 Å². The Balaban J connectivity index is 2.07. The van der Waals surface area contributed by atoms with E-state index in [1.807, 2.05) is 36.4 Å². The number of nitrogens with zero attached hydrogens (tertiary/aromatic N) is 3. The second kappa shape index (κ2) is 4.86. The van der Waals surface area contributed by atoms with Gasteiger partial charge in [0.15, 0.2) is 5.82 Å². The molecule has 3 rings (SSSR count). The molecule has 0 atom stereocenters. The fraction of sp³-hybridized carbons (Fsp3) is 0. The first-order chi connectivity index (χ1) is 9.79. The van der Waals surface area contributed by atoms with E-state index in [0.29, 0.717) is 16.9 Å². The summed E-state index contributed by atoms with van der Waals surface area (Å²) in [6, 6.07) is 14.7. The van der Waals surface area contributed by atoms with Crippen LogP contribution in [0.5, 0.6) is 0 Å². The molecule has 5 nitrogen and oxygen atoms in total. The van der Waals surface area contributed by atoms with E-state index in [4.69, 9.17) is 5.26 Å². The lowest BCUT2D eigenvalue weighted by Crippen LogP contribution is -2.16. The van der Waals surface area contributed by atoms with Crippen molar-refractivity contribution in [1.29, 1.82) is 5.26 Å². The van der Waals surface area contributed by atoms with E-state index in [1.165, 1.54) is 10.9 Å². The largest absolute Gasteiger partial charge is 0.296 e. The van der Waals surface area contributed by atoms with Crippen molar-refractivity contribution in [3.63, 3.8) is 0 Å². The van der Waals surface area contributed by atoms with Crippen LogP contribution in [0.3, 0.4) is 0 Å². The van der Waals surface area contributed by atoms with Crippen LogP contribution in [0, 0.1) is 11.3 Å². The zero-order valence-corrected chi connectivity index (χ0v) is 10.4. The summed E-state index contributed by atoms with van der Waals surface area (Å²) >= 11 is 0. The molecule has 20 heavy (non-hydrogen) atoms. The highest BCUT2D eigenvalue weighted by Gasteiger charge is 2.10. The van der Waals surface area contributed by atoms with E-state index >= 15 is 0 Å². The molecule has 0 radical (unpaired) electrons. The van der Waals surface area contributed by atoms with Crippen molar-refractivity contribution in [2.75, 3.05) is 0 Å². The predicted octanol–water partition coefficient (Wildman–Crippen LogP) is 2.10. The monoisotopic (exact) mass is 262 g/mol. The number of benzene rings is 1. The molecule has 0 unspecified atom stereocenters. The molecule has 0 aliphatic rings. The van der Waals surface area contributed by atoms with E-state index in [1.54, 1.807) is 18.3 Å². The second-order valence-electron chi connectivity index (χ2n) is 4.21. The summed E-state index contributed by atoms with van der Waals surface area (Å²) in [5.41, 5.74) is 1.71. The first kappa shape index (κ1) is 11.9. The standard InChI is InChI=1S/C15H10N4O/c16-8-11-6-7-14(17-9-11)19-15(20)13(10-18-19)12-4-2-1-3-5-12/h1-7,9-10,18H. The van der Waals surface area contributed by atoms with Gasteiger partial charge in [-0.25, -0.2) is 9.67 Å². The van der Waals surface area contributed by atoms with E-state index in [-0.39, 0.29) is 5.56 Å². The van der Waals surface area contributed by atoms with Crippen LogP contribution in [0.25, 0.3) is 16.9 Å². The summed E-state index contributed by atoms with van der Waals surface area (Å²) < 4.78 is 1.35. The summed E-state index contributed by atoms with van der Waals surface area (Å²) in [5, 5.41) is 11.6. The maximum Gasteiger partial charge on any atom is 0.280 e. The van der Waals surface area contributed by atoms with Crippen molar-refractivity contribution >= 4 is 0 Å². The number of pyridine rings is 1. The van der Waals surface area contributed by atoms with E-state index < -0.39 is 0 Å². The molecule has 3 aromatic rings. The topological polar surface area (TPSA) is 74.5 Å². The van der Waals surface area contributed by atoms with Crippen LogP contribution in [0.4, 0.5) is 0 Å². The first-order valence-electron chi connectivity index (χ1n) is 6.02. The van der Waals surface area contributed by atoms with Gasteiger partial charge in [-0.1, -0.05) is 30.3 Å². The molecule has 0 spiro atoms. The van der Waals surface area contributed by atoms with Crippen molar-refractivity contribution in [1.82, 2.24) is 14.8 Å². The first-order valence-corrected chi connectivity index (χ1v) is 6.02. The summed E-state index contributed by atoms with van der Waals surface area (Å²) in [7, 11) is 0. The summed E-state index contributed by atoms with van der Waals surface area (Å²) in [5.74, 6) is 0.455. The summed E-state index contributed by atoms with van der Waals surface area (Å²) in [6.07, 6.45) is 3.09. The third kappa shape index (κ3) is 1.99. The highest BCUT2D eigenvalue weighted by Crippen LogP contribution is 2.14. The van der Waals surface area contributed by atoms with Crippen molar-refractivity contribution in [3.05, 3.63) is 70.8 Å². The van der Waals surface area contributed by atoms with Crippen molar-refractivity contribution in [2.45, 2.75) is 0 Å². The molecule has 0 bridgehead atoms. The van der Waals surface area contributed by atoms with Crippen molar-refractivity contribution < 1.29 is 0 Å². The van der Waals surface area contributed by atoms with Gasteiger partial charge in [0, 0.05) is 12.4 Å². The molecule has 0 amide bonds. The van der Waals surface area contributed by atoms with E-state index in [9.17, 15) is 4.79 Å². The summed E-state index contributed by atoms with van der Waals surface area (Å²) in [6.45, 7) is 0. The SMILES string of the molecule is N#Cc1ccc(-n2[nH]cc(-c3ccccc3)c2=O)nc1. The molecule has 2 heterocycles. The van der Waals surface area contributed by atoms with Crippen molar-refractivity contribution in [2.24, 2.45) is 0 Å². The Kier molecular flexibility index (Phi) is 2.90. The molecule has 0 aliphatic carbocycles. The van der Waals surface area contributed by atoms with Gasteiger partial charge in [0.2, 0.25) is 0 Å². The van der Waals surface area contributed by atoms with Crippen LogP contribution in [-0.4, -0.2) is 14.8 Å². The smallest absolute Gasteiger partial charge is 0.280 e. The molecule has 0 saturated carbocycles. The maximum absolute atomic E-state index is 12.4. The Bertz CT molecular complexity index is 823. The Morgan fingerprint density at radius 1 is 1.15 bits per heavy atom. The Morgan fingerprint density at radius 2 is 1.95 bits per heavy atom. The van der Waals surface area contributed by atoms with Crippen LogP contribution < -0.4 is 5.56 Å². The number of hydrogen-bond acceptors (Lipinski definition) is 3. The van der Waals surface area contributed by atoms with Gasteiger partial charge in [-0.3, -0.25) is 9.89 Å². The predicted molar refractivity (Wildman–Crippen MR) is 74.3 cm³/mol.